The first kappa shape index (κ1) is 13.6. The van der Waals surface area contributed by atoms with Crippen LogP contribution in [0.1, 0.15) is 11.1 Å². The van der Waals surface area contributed by atoms with Gasteiger partial charge in [-0.2, -0.15) is 5.26 Å². The van der Waals surface area contributed by atoms with Crippen LogP contribution in [0.4, 0.5) is 0 Å². The van der Waals surface area contributed by atoms with E-state index in [1.807, 2.05) is 37.3 Å². The van der Waals surface area contributed by atoms with Gasteiger partial charge in [0, 0.05) is 13.6 Å². The Morgan fingerprint density at radius 2 is 2.18 bits per heavy atom. The summed E-state index contributed by atoms with van der Waals surface area (Å²) in [7, 11) is 1.79. The van der Waals surface area contributed by atoms with Gasteiger partial charge in [-0.15, -0.1) is 11.8 Å². The van der Waals surface area contributed by atoms with Crippen molar-refractivity contribution in [2.24, 2.45) is 0 Å². The molecule has 0 aliphatic rings. The minimum Gasteiger partial charge on any atom is -0.341 e. The van der Waals surface area contributed by atoms with Crippen LogP contribution in [0.25, 0.3) is 0 Å². The molecule has 0 unspecified atom stereocenters. The van der Waals surface area contributed by atoms with E-state index in [4.69, 9.17) is 5.26 Å². The third kappa shape index (κ3) is 4.49. The fraction of sp³-hybridized carbons (Fsp3) is 0.385. The molecule has 17 heavy (non-hydrogen) atoms. The second-order valence-electron chi connectivity index (χ2n) is 3.83. The molecule has 0 saturated carbocycles. The highest BCUT2D eigenvalue weighted by molar-refractivity contribution is 8.00. The highest BCUT2D eigenvalue weighted by Gasteiger charge is 2.09. The van der Waals surface area contributed by atoms with E-state index in [0.29, 0.717) is 18.1 Å². The number of hydrogen-bond donors (Lipinski definition) is 0. The van der Waals surface area contributed by atoms with Gasteiger partial charge in [-0.25, -0.2) is 0 Å². The summed E-state index contributed by atoms with van der Waals surface area (Å²) in [6, 6.07) is 10.0. The quantitative estimate of drug-likeness (QED) is 0.750. The van der Waals surface area contributed by atoms with Crippen molar-refractivity contribution in [2.75, 3.05) is 18.6 Å². The average Bonchev–Trinajstić information content (AvgIpc) is 2.32. The van der Waals surface area contributed by atoms with Gasteiger partial charge in [-0.3, -0.25) is 4.79 Å². The van der Waals surface area contributed by atoms with Gasteiger partial charge < -0.3 is 4.90 Å². The fourth-order valence-corrected chi connectivity index (χ4v) is 2.01. The average molecular weight is 248 g/mol. The van der Waals surface area contributed by atoms with E-state index < -0.39 is 0 Å². The molecule has 0 saturated heterocycles. The van der Waals surface area contributed by atoms with Crippen molar-refractivity contribution in [3.8, 4) is 6.07 Å². The lowest BCUT2D eigenvalue weighted by atomic mass is 10.1. The smallest absolute Gasteiger partial charge is 0.232 e. The number of carbonyl (C=O) groups excluding carboxylic acids is 1. The van der Waals surface area contributed by atoms with Crippen LogP contribution in [-0.4, -0.2) is 29.4 Å². The zero-order chi connectivity index (χ0) is 12.7. The number of hydrogen-bond acceptors (Lipinski definition) is 3. The second-order valence-corrected chi connectivity index (χ2v) is 4.81. The maximum absolute atomic E-state index is 11.7. The summed E-state index contributed by atoms with van der Waals surface area (Å²) in [4.78, 5) is 13.4. The zero-order valence-electron chi connectivity index (χ0n) is 10.1. The lowest BCUT2D eigenvalue weighted by Crippen LogP contribution is -2.28. The van der Waals surface area contributed by atoms with Gasteiger partial charge in [0.05, 0.1) is 17.6 Å². The van der Waals surface area contributed by atoms with Gasteiger partial charge in [0.1, 0.15) is 0 Å². The number of aryl methyl sites for hydroxylation is 1. The molecule has 90 valence electrons. The molecule has 0 atom stereocenters. The number of nitriles is 1. The van der Waals surface area contributed by atoms with Crippen molar-refractivity contribution in [2.45, 2.75) is 13.5 Å². The lowest BCUT2D eigenvalue weighted by molar-refractivity contribution is -0.127. The van der Waals surface area contributed by atoms with E-state index in [1.165, 1.54) is 17.3 Å². The molecule has 0 fully saturated rings. The molecule has 0 bridgehead atoms. The Labute approximate surface area is 106 Å². The highest BCUT2D eigenvalue weighted by Crippen LogP contribution is 2.10. The maximum Gasteiger partial charge on any atom is 0.232 e. The molecular weight excluding hydrogens is 232 g/mol. The molecule has 1 aromatic carbocycles. The largest absolute Gasteiger partial charge is 0.341 e. The molecule has 1 amide bonds. The van der Waals surface area contributed by atoms with E-state index in [9.17, 15) is 4.79 Å². The van der Waals surface area contributed by atoms with Gasteiger partial charge in [-0.1, -0.05) is 24.3 Å². The van der Waals surface area contributed by atoms with Gasteiger partial charge in [0.25, 0.3) is 0 Å². The fourth-order valence-electron chi connectivity index (χ4n) is 1.43. The Kier molecular flexibility index (Phi) is 5.58. The monoisotopic (exact) mass is 248 g/mol. The van der Waals surface area contributed by atoms with Crippen LogP contribution in [0.3, 0.4) is 0 Å². The van der Waals surface area contributed by atoms with E-state index in [2.05, 4.69) is 0 Å². The predicted molar refractivity (Wildman–Crippen MR) is 70.6 cm³/mol. The van der Waals surface area contributed by atoms with Crippen molar-refractivity contribution >= 4 is 17.7 Å². The molecule has 0 aromatic heterocycles. The van der Waals surface area contributed by atoms with Crippen LogP contribution in [0.15, 0.2) is 24.3 Å². The number of carbonyl (C=O) groups is 1. The van der Waals surface area contributed by atoms with Crippen molar-refractivity contribution in [1.82, 2.24) is 4.90 Å². The summed E-state index contributed by atoms with van der Waals surface area (Å²) < 4.78 is 0. The maximum atomic E-state index is 11.7. The molecule has 1 rings (SSSR count). The Morgan fingerprint density at radius 3 is 2.82 bits per heavy atom. The molecule has 0 aliphatic carbocycles. The summed E-state index contributed by atoms with van der Waals surface area (Å²) in [6.45, 7) is 2.66. The van der Waals surface area contributed by atoms with Crippen molar-refractivity contribution < 1.29 is 4.79 Å². The van der Waals surface area contributed by atoms with Crippen LogP contribution in [0, 0.1) is 18.3 Å². The predicted octanol–water partition coefficient (Wildman–Crippen LogP) is 2.21. The van der Waals surface area contributed by atoms with Gasteiger partial charge in [0.15, 0.2) is 0 Å². The minimum atomic E-state index is 0.0634. The first-order chi connectivity index (χ1) is 8.15. The SMILES string of the molecule is Cc1ccccc1CN(C)C(=O)CSCC#N. The third-order valence-electron chi connectivity index (χ3n) is 2.49. The van der Waals surface area contributed by atoms with Crippen molar-refractivity contribution in [1.29, 1.82) is 5.26 Å². The summed E-state index contributed by atoms with van der Waals surface area (Å²) in [5.41, 5.74) is 2.35. The lowest BCUT2D eigenvalue weighted by Gasteiger charge is -2.18. The van der Waals surface area contributed by atoms with E-state index in [0.717, 1.165) is 5.56 Å². The minimum absolute atomic E-state index is 0.0634. The summed E-state index contributed by atoms with van der Waals surface area (Å²) in [6.07, 6.45) is 0. The topological polar surface area (TPSA) is 44.1 Å². The number of rotatable bonds is 5. The highest BCUT2D eigenvalue weighted by atomic mass is 32.2. The summed E-state index contributed by atoms with van der Waals surface area (Å²) in [5, 5.41) is 8.39. The van der Waals surface area contributed by atoms with E-state index in [1.54, 1.807) is 11.9 Å². The molecule has 0 N–H and O–H groups in total. The first-order valence-corrected chi connectivity index (χ1v) is 6.53. The molecule has 0 aliphatic heterocycles. The zero-order valence-corrected chi connectivity index (χ0v) is 11.0. The molecule has 1 aromatic rings. The van der Waals surface area contributed by atoms with Crippen LogP contribution in [-0.2, 0) is 11.3 Å². The number of nitrogens with zero attached hydrogens (tertiary/aromatic N) is 2. The molecule has 0 spiro atoms. The van der Waals surface area contributed by atoms with Crippen LogP contribution in [0.5, 0.6) is 0 Å². The number of amides is 1. The van der Waals surface area contributed by atoms with E-state index >= 15 is 0 Å². The Morgan fingerprint density at radius 1 is 1.47 bits per heavy atom. The molecular formula is C13H16N2OS. The van der Waals surface area contributed by atoms with Crippen LogP contribution >= 0.6 is 11.8 Å². The standard InChI is InChI=1S/C13H16N2OS/c1-11-5-3-4-6-12(11)9-15(2)13(16)10-17-8-7-14/h3-6H,8-10H2,1-2H3. The normalized spacial score (nSPS) is 9.71. The Hall–Kier alpha value is -1.47. The van der Waals surface area contributed by atoms with E-state index in [-0.39, 0.29) is 5.91 Å². The van der Waals surface area contributed by atoms with Crippen LogP contribution in [0.2, 0.25) is 0 Å². The molecule has 0 radical (unpaired) electrons. The number of benzene rings is 1. The van der Waals surface area contributed by atoms with Crippen molar-refractivity contribution in [3.05, 3.63) is 35.4 Å². The Bertz CT molecular complexity index is 426. The second kappa shape index (κ2) is 6.97. The molecule has 0 heterocycles. The van der Waals surface area contributed by atoms with Crippen LogP contribution < -0.4 is 0 Å². The third-order valence-corrected chi connectivity index (χ3v) is 3.27. The summed E-state index contributed by atoms with van der Waals surface area (Å²) in [5.74, 6) is 0.799. The van der Waals surface area contributed by atoms with Crippen molar-refractivity contribution in [3.63, 3.8) is 0 Å². The number of thioether (sulfide) groups is 1. The van der Waals surface area contributed by atoms with Gasteiger partial charge in [-0.05, 0) is 18.1 Å². The Balaban J connectivity index is 2.49. The molecule has 4 heteroatoms. The summed E-state index contributed by atoms with van der Waals surface area (Å²) >= 11 is 1.35. The first-order valence-electron chi connectivity index (χ1n) is 5.38. The van der Waals surface area contributed by atoms with Gasteiger partial charge >= 0.3 is 0 Å². The van der Waals surface area contributed by atoms with Gasteiger partial charge in [0.2, 0.25) is 5.91 Å². The molecule has 3 nitrogen and oxygen atoms in total.